The van der Waals surface area contributed by atoms with Crippen LogP contribution in [0.2, 0.25) is 0 Å². The van der Waals surface area contributed by atoms with E-state index < -0.39 is 5.92 Å². The van der Waals surface area contributed by atoms with Crippen molar-refractivity contribution in [3.05, 3.63) is 11.3 Å². The van der Waals surface area contributed by atoms with Crippen molar-refractivity contribution in [2.24, 2.45) is 11.3 Å². The lowest BCUT2D eigenvalue weighted by Crippen LogP contribution is -2.52. The molecule has 5 rings (SSSR count). The first-order chi connectivity index (χ1) is 11.8. The maximum Gasteiger partial charge on any atom is 0.290 e. The number of hydrogen-bond donors (Lipinski definition) is 0. The molecule has 0 radical (unpaired) electrons. The second-order valence-electron chi connectivity index (χ2n) is 8.30. The number of carbonyl (C=O) groups excluding carboxylic acids is 1. The molecule has 3 heterocycles. The third kappa shape index (κ3) is 2.07. The predicted molar refractivity (Wildman–Crippen MR) is 89.1 cm³/mol. The number of alkyl halides is 2. The molecule has 7 heteroatoms. The second kappa shape index (κ2) is 4.68. The van der Waals surface area contributed by atoms with E-state index >= 15 is 0 Å². The Kier molecular flexibility index (Phi) is 2.89. The molecule has 2 atom stereocenters. The molecule has 1 aromatic rings. The SMILES string of the molecule is CC(=O)C1CC12CN(c1nc(N3CC[C@@H]3C)nc3c1CCC3(F)F)C2. The largest absolute Gasteiger partial charge is 0.355 e. The van der Waals surface area contributed by atoms with Crippen molar-refractivity contribution in [1.82, 2.24) is 9.97 Å². The van der Waals surface area contributed by atoms with Crippen molar-refractivity contribution in [3.8, 4) is 0 Å². The number of aromatic nitrogens is 2. The van der Waals surface area contributed by atoms with E-state index in [0.717, 1.165) is 32.5 Å². The van der Waals surface area contributed by atoms with E-state index in [4.69, 9.17) is 4.98 Å². The van der Waals surface area contributed by atoms with Crippen LogP contribution in [0.1, 0.15) is 44.4 Å². The summed E-state index contributed by atoms with van der Waals surface area (Å²) in [5.41, 5.74) is 0.609. The van der Waals surface area contributed by atoms with E-state index in [1.54, 1.807) is 6.92 Å². The van der Waals surface area contributed by atoms with Gasteiger partial charge in [-0.15, -0.1) is 0 Å². The van der Waals surface area contributed by atoms with Gasteiger partial charge in [0.15, 0.2) is 0 Å². The lowest BCUT2D eigenvalue weighted by molar-refractivity contribution is -0.119. The molecule has 0 bridgehead atoms. The maximum atomic E-state index is 14.3. The summed E-state index contributed by atoms with van der Waals surface area (Å²) in [6, 6.07) is 0.300. The molecule has 1 unspecified atom stereocenters. The fourth-order valence-electron chi connectivity index (χ4n) is 4.73. The second-order valence-corrected chi connectivity index (χ2v) is 8.30. The molecule has 4 aliphatic rings. The molecule has 1 saturated carbocycles. The standard InChI is InChI=1S/C18H22F2N4O/c1-10-4-6-24(10)16-21-14-12(3-5-18(14,19)20)15(22-16)23-8-17(9-23)7-13(17)11(2)25/h10,13H,3-9H2,1-2H3/t10-,13?/m0/s1. The number of Topliss-reactive ketones (excluding diaryl/α,β-unsaturated/α-hetero) is 1. The summed E-state index contributed by atoms with van der Waals surface area (Å²) >= 11 is 0. The highest BCUT2D eigenvalue weighted by molar-refractivity contribution is 5.83. The average Bonchev–Trinajstić information content (AvgIpc) is 3.19. The molecule has 134 valence electrons. The van der Waals surface area contributed by atoms with Gasteiger partial charge in [-0.2, -0.15) is 13.8 Å². The molecule has 0 N–H and O–H groups in total. The Balaban J connectivity index is 1.49. The number of nitrogens with zero attached hydrogens (tertiary/aromatic N) is 4. The van der Waals surface area contributed by atoms with Crippen LogP contribution in [-0.4, -0.2) is 41.4 Å². The van der Waals surface area contributed by atoms with Crippen LogP contribution in [0.5, 0.6) is 0 Å². The topological polar surface area (TPSA) is 49.3 Å². The lowest BCUT2D eigenvalue weighted by Gasteiger charge is -2.44. The Morgan fingerprint density at radius 2 is 2.04 bits per heavy atom. The summed E-state index contributed by atoms with van der Waals surface area (Å²) in [4.78, 5) is 24.6. The number of anilines is 2. The third-order valence-corrected chi connectivity index (χ3v) is 6.58. The number of halogens is 2. The molecule has 3 fully saturated rings. The molecule has 5 nitrogen and oxygen atoms in total. The summed E-state index contributed by atoms with van der Waals surface area (Å²) < 4.78 is 28.7. The van der Waals surface area contributed by atoms with Gasteiger partial charge < -0.3 is 9.80 Å². The highest BCUT2D eigenvalue weighted by Gasteiger charge is 2.64. The first-order valence-corrected chi connectivity index (χ1v) is 9.12. The molecular weight excluding hydrogens is 326 g/mol. The van der Waals surface area contributed by atoms with Crippen molar-refractivity contribution in [3.63, 3.8) is 0 Å². The van der Waals surface area contributed by atoms with Crippen LogP contribution >= 0.6 is 0 Å². The van der Waals surface area contributed by atoms with E-state index in [0.29, 0.717) is 29.8 Å². The van der Waals surface area contributed by atoms with E-state index in [2.05, 4.69) is 16.8 Å². The van der Waals surface area contributed by atoms with Crippen LogP contribution in [0.25, 0.3) is 0 Å². The highest BCUT2D eigenvalue weighted by atomic mass is 19.3. The van der Waals surface area contributed by atoms with Gasteiger partial charge in [-0.1, -0.05) is 0 Å². The van der Waals surface area contributed by atoms with Gasteiger partial charge in [0, 0.05) is 49.0 Å². The maximum absolute atomic E-state index is 14.3. The molecular formula is C18H22F2N4O. The Bertz CT molecular complexity index is 775. The minimum atomic E-state index is -2.86. The van der Waals surface area contributed by atoms with Crippen molar-refractivity contribution in [1.29, 1.82) is 0 Å². The zero-order chi connectivity index (χ0) is 17.6. The van der Waals surface area contributed by atoms with Crippen molar-refractivity contribution >= 4 is 17.5 Å². The zero-order valence-corrected chi connectivity index (χ0v) is 14.6. The Hall–Kier alpha value is -1.79. The number of ketones is 1. The molecule has 0 amide bonds. The molecule has 25 heavy (non-hydrogen) atoms. The van der Waals surface area contributed by atoms with Gasteiger partial charge >= 0.3 is 0 Å². The van der Waals surface area contributed by atoms with E-state index in [9.17, 15) is 13.6 Å². The Morgan fingerprint density at radius 1 is 1.28 bits per heavy atom. The van der Waals surface area contributed by atoms with Gasteiger partial charge in [0.05, 0.1) is 0 Å². The van der Waals surface area contributed by atoms with E-state index in [-0.39, 0.29) is 29.2 Å². The first kappa shape index (κ1) is 15.5. The summed E-state index contributed by atoms with van der Waals surface area (Å²) in [5.74, 6) is -1.35. The van der Waals surface area contributed by atoms with E-state index in [1.807, 2.05) is 4.90 Å². The quantitative estimate of drug-likeness (QED) is 0.840. The van der Waals surface area contributed by atoms with Gasteiger partial charge in [-0.25, -0.2) is 4.98 Å². The van der Waals surface area contributed by atoms with Gasteiger partial charge in [0.25, 0.3) is 5.92 Å². The van der Waals surface area contributed by atoms with Gasteiger partial charge in [0.2, 0.25) is 5.95 Å². The molecule has 2 aliphatic heterocycles. The predicted octanol–water partition coefficient (Wildman–Crippen LogP) is 2.53. The van der Waals surface area contributed by atoms with Crippen LogP contribution < -0.4 is 9.80 Å². The average molecular weight is 348 g/mol. The van der Waals surface area contributed by atoms with Crippen molar-refractivity contribution < 1.29 is 13.6 Å². The first-order valence-electron chi connectivity index (χ1n) is 9.12. The molecule has 1 aromatic heterocycles. The highest BCUT2D eigenvalue weighted by Crippen LogP contribution is 2.60. The number of carbonyl (C=O) groups is 1. The fourth-order valence-corrected chi connectivity index (χ4v) is 4.73. The summed E-state index contributed by atoms with van der Waals surface area (Å²) in [6.07, 6.45) is 2.11. The van der Waals surface area contributed by atoms with Crippen LogP contribution in [0.3, 0.4) is 0 Å². The van der Waals surface area contributed by atoms with Crippen LogP contribution in [-0.2, 0) is 17.1 Å². The van der Waals surface area contributed by atoms with Crippen LogP contribution in [0, 0.1) is 11.3 Å². The van der Waals surface area contributed by atoms with Crippen LogP contribution in [0.4, 0.5) is 20.5 Å². The van der Waals surface area contributed by atoms with Crippen molar-refractivity contribution in [2.45, 2.75) is 51.5 Å². The monoisotopic (exact) mass is 348 g/mol. The summed E-state index contributed by atoms with van der Waals surface area (Å²) in [7, 11) is 0. The van der Waals surface area contributed by atoms with Crippen LogP contribution in [0.15, 0.2) is 0 Å². The molecule has 0 aromatic carbocycles. The molecule has 2 saturated heterocycles. The van der Waals surface area contributed by atoms with Gasteiger partial charge in [-0.05, 0) is 33.1 Å². The molecule has 1 spiro atoms. The minimum Gasteiger partial charge on any atom is -0.355 e. The Morgan fingerprint density at radius 3 is 2.60 bits per heavy atom. The third-order valence-electron chi connectivity index (χ3n) is 6.58. The minimum absolute atomic E-state index is 0.0773. The summed E-state index contributed by atoms with van der Waals surface area (Å²) in [6.45, 7) is 6.04. The zero-order valence-electron chi connectivity index (χ0n) is 14.6. The van der Waals surface area contributed by atoms with Gasteiger partial charge in [-0.3, -0.25) is 4.79 Å². The van der Waals surface area contributed by atoms with Gasteiger partial charge in [0.1, 0.15) is 17.3 Å². The van der Waals surface area contributed by atoms with E-state index in [1.165, 1.54) is 0 Å². The molecule has 2 aliphatic carbocycles. The fraction of sp³-hybridized carbons (Fsp3) is 0.722. The number of rotatable bonds is 3. The number of fused-ring (bicyclic) bond motifs is 1. The van der Waals surface area contributed by atoms with Crippen molar-refractivity contribution in [2.75, 3.05) is 29.4 Å². The summed E-state index contributed by atoms with van der Waals surface area (Å²) in [5, 5.41) is 0. The Labute approximate surface area is 145 Å². The number of hydrogen-bond acceptors (Lipinski definition) is 5. The smallest absolute Gasteiger partial charge is 0.290 e. The normalized spacial score (nSPS) is 30.7. The lowest BCUT2D eigenvalue weighted by atomic mass is 9.92.